The maximum Gasteiger partial charge on any atom is 0.338 e. The second-order valence-corrected chi connectivity index (χ2v) is 5.70. The first-order chi connectivity index (χ1) is 11.4. The first-order valence-electron chi connectivity index (χ1n) is 7.65. The number of fused-ring (bicyclic) bond motifs is 1. The highest BCUT2D eigenvalue weighted by Crippen LogP contribution is 2.20. The van der Waals surface area contributed by atoms with Gasteiger partial charge in [0.25, 0.3) is 0 Å². The van der Waals surface area contributed by atoms with Gasteiger partial charge in [0.2, 0.25) is 0 Å². The van der Waals surface area contributed by atoms with Gasteiger partial charge in [-0.15, -0.1) is 0 Å². The number of halogens is 1. The molecule has 0 amide bonds. The van der Waals surface area contributed by atoms with Gasteiger partial charge in [0.1, 0.15) is 11.9 Å². The quantitative estimate of drug-likeness (QED) is 0.674. The Balaban J connectivity index is 1.83. The summed E-state index contributed by atoms with van der Waals surface area (Å²) in [6.45, 7) is 5.52. The summed E-state index contributed by atoms with van der Waals surface area (Å²) in [5.41, 5.74) is 4.23. The van der Waals surface area contributed by atoms with E-state index in [2.05, 4.69) is 9.97 Å². The number of benzene rings is 2. The minimum Gasteiger partial charge on any atom is -0.454 e. The molecule has 0 aliphatic carbocycles. The highest BCUT2D eigenvalue weighted by molar-refractivity contribution is 5.93. The third kappa shape index (κ3) is 3.25. The van der Waals surface area contributed by atoms with Gasteiger partial charge >= 0.3 is 5.97 Å². The summed E-state index contributed by atoms with van der Waals surface area (Å²) in [7, 11) is 0. The van der Waals surface area contributed by atoms with E-state index in [9.17, 15) is 9.18 Å². The van der Waals surface area contributed by atoms with Crippen molar-refractivity contribution < 1.29 is 13.9 Å². The molecular formula is C19H17FN2O2. The maximum absolute atomic E-state index is 13.0. The average Bonchev–Trinajstić information content (AvgIpc) is 2.56. The first-order valence-corrected chi connectivity index (χ1v) is 7.65. The predicted molar refractivity (Wildman–Crippen MR) is 89.2 cm³/mol. The van der Waals surface area contributed by atoms with E-state index in [-0.39, 0.29) is 5.82 Å². The van der Waals surface area contributed by atoms with E-state index >= 15 is 0 Å². The van der Waals surface area contributed by atoms with Crippen LogP contribution in [0.4, 0.5) is 4.39 Å². The van der Waals surface area contributed by atoms with E-state index in [0.29, 0.717) is 11.1 Å². The van der Waals surface area contributed by atoms with E-state index in [1.165, 1.54) is 12.1 Å². The summed E-state index contributed by atoms with van der Waals surface area (Å²) in [5.74, 6) is -0.773. The van der Waals surface area contributed by atoms with Crippen LogP contribution < -0.4 is 0 Å². The molecule has 0 aliphatic rings. The molecule has 0 saturated carbocycles. The number of esters is 1. The molecule has 1 unspecified atom stereocenters. The molecule has 1 heterocycles. The fourth-order valence-electron chi connectivity index (χ4n) is 2.39. The van der Waals surface area contributed by atoms with Crippen molar-refractivity contribution in [2.45, 2.75) is 26.9 Å². The fourth-order valence-corrected chi connectivity index (χ4v) is 2.39. The number of ether oxygens (including phenoxy) is 1. The lowest BCUT2D eigenvalue weighted by Crippen LogP contribution is -2.09. The summed E-state index contributed by atoms with van der Waals surface area (Å²) in [6, 6.07) is 11.0. The standard InChI is InChI=1S/C19H17FN2O2/c1-11-12(2)22-18-10-15(6-9-17(18)21-11)19(23)24-13(3)14-4-7-16(20)8-5-14/h4-10,13H,1-3H3. The molecule has 0 fully saturated rings. The molecule has 5 heteroatoms. The lowest BCUT2D eigenvalue weighted by Gasteiger charge is -2.14. The minimum absolute atomic E-state index is 0.323. The third-order valence-corrected chi connectivity index (χ3v) is 3.93. The van der Waals surface area contributed by atoms with Gasteiger partial charge in [0.05, 0.1) is 28.0 Å². The Labute approximate surface area is 139 Å². The maximum atomic E-state index is 13.0. The van der Waals surface area contributed by atoms with Gasteiger partial charge in [0.15, 0.2) is 0 Å². The molecule has 1 aromatic heterocycles. The second kappa shape index (κ2) is 6.35. The Morgan fingerprint density at radius 1 is 1.00 bits per heavy atom. The van der Waals surface area contributed by atoms with E-state index in [1.54, 1.807) is 37.3 Å². The summed E-state index contributed by atoms with van der Waals surface area (Å²) in [6.07, 6.45) is -0.473. The zero-order chi connectivity index (χ0) is 17.3. The van der Waals surface area contributed by atoms with Crippen LogP contribution in [-0.4, -0.2) is 15.9 Å². The molecule has 1 atom stereocenters. The number of aryl methyl sites for hydroxylation is 2. The van der Waals surface area contributed by atoms with Gasteiger partial charge in [-0.05, 0) is 56.7 Å². The zero-order valence-corrected chi connectivity index (χ0v) is 13.7. The van der Waals surface area contributed by atoms with Crippen LogP contribution in [0.3, 0.4) is 0 Å². The van der Waals surface area contributed by atoms with E-state index in [0.717, 1.165) is 22.5 Å². The Kier molecular flexibility index (Phi) is 4.25. The van der Waals surface area contributed by atoms with Crippen molar-refractivity contribution in [3.8, 4) is 0 Å². The number of carbonyl (C=O) groups is 1. The van der Waals surface area contributed by atoms with Gasteiger partial charge < -0.3 is 4.74 Å². The van der Waals surface area contributed by atoms with Crippen LogP contribution in [0.15, 0.2) is 42.5 Å². The normalized spacial score (nSPS) is 12.2. The van der Waals surface area contributed by atoms with Gasteiger partial charge in [-0.1, -0.05) is 12.1 Å². The van der Waals surface area contributed by atoms with Crippen LogP contribution in [0.1, 0.15) is 40.3 Å². The molecule has 3 aromatic rings. The lowest BCUT2D eigenvalue weighted by atomic mass is 10.1. The summed E-state index contributed by atoms with van der Waals surface area (Å²) < 4.78 is 18.4. The van der Waals surface area contributed by atoms with Crippen LogP contribution in [0.2, 0.25) is 0 Å². The van der Waals surface area contributed by atoms with Gasteiger partial charge in [-0.3, -0.25) is 0 Å². The molecule has 0 saturated heterocycles. The molecule has 3 rings (SSSR count). The molecule has 0 spiro atoms. The van der Waals surface area contributed by atoms with Crippen LogP contribution in [0.25, 0.3) is 11.0 Å². The summed E-state index contributed by atoms with van der Waals surface area (Å²) in [4.78, 5) is 21.2. The average molecular weight is 324 g/mol. The number of carbonyl (C=O) groups excluding carboxylic acids is 1. The Morgan fingerprint density at radius 2 is 1.62 bits per heavy atom. The zero-order valence-electron chi connectivity index (χ0n) is 13.7. The molecule has 2 aromatic carbocycles. The molecule has 24 heavy (non-hydrogen) atoms. The van der Waals surface area contributed by atoms with Crippen molar-refractivity contribution >= 4 is 17.0 Å². The van der Waals surface area contributed by atoms with Gasteiger partial charge in [-0.2, -0.15) is 0 Å². The first kappa shape index (κ1) is 16.1. The Bertz CT molecular complexity index is 907. The molecule has 0 N–H and O–H groups in total. The predicted octanol–water partition coefficient (Wildman–Crippen LogP) is 4.30. The van der Waals surface area contributed by atoms with Crippen molar-refractivity contribution in [3.05, 3.63) is 70.8 Å². The van der Waals surface area contributed by atoms with Crippen LogP contribution in [-0.2, 0) is 4.74 Å². The largest absolute Gasteiger partial charge is 0.454 e. The molecular weight excluding hydrogens is 307 g/mol. The van der Waals surface area contributed by atoms with E-state index in [1.807, 2.05) is 13.8 Å². The monoisotopic (exact) mass is 324 g/mol. The third-order valence-electron chi connectivity index (χ3n) is 3.93. The number of hydrogen-bond acceptors (Lipinski definition) is 4. The van der Waals surface area contributed by atoms with Crippen LogP contribution in [0, 0.1) is 19.7 Å². The number of hydrogen-bond donors (Lipinski definition) is 0. The van der Waals surface area contributed by atoms with Crippen molar-refractivity contribution in [2.75, 3.05) is 0 Å². The summed E-state index contributed by atoms with van der Waals surface area (Å²) >= 11 is 0. The molecule has 0 bridgehead atoms. The Hall–Kier alpha value is -2.82. The highest BCUT2D eigenvalue weighted by atomic mass is 19.1. The fraction of sp³-hybridized carbons (Fsp3) is 0.211. The van der Waals surface area contributed by atoms with Crippen LogP contribution >= 0.6 is 0 Å². The van der Waals surface area contributed by atoms with E-state index < -0.39 is 12.1 Å². The second-order valence-electron chi connectivity index (χ2n) is 5.70. The number of nitrogens with zero attached hydrogens (tertiary/aromatic N) is 2. The SMILES string of the molecule is Cc1nc2ccc(C(=O)OC(C)c3ccc(F)cc3)cc2nc1C. The van der Waals surface area contributed by atoms with Crippen molar-refractivity contribution in [2.24, 2.45) is 0 Å². The number of rotatable bonds is 3. The Morgan fingerprint density at radius 3 is 2.29 bits per heavy atom. The van der Waals surface area contributed by atoms with Crippen molar-refractivity contribution in [1.82, 2.24) is 9.97 Å². The van der Waals surface area contributed by atoms with Crippen molar-refractivity contribution in [1.29, 1.82) is 0 Å². The molecule has 0 aliphatic heterocycles. The van der Waals surface area contributed by atoms with Gasteiger partial charge in [-0.25, -0.2) is 19.2 Å². The lowest BCUT2D eigenvalue weighted by molar-refractivity contribution is 0.0338. The molecule has 122 valence electrons. The summed E-state index contributed by atoms with van der Waals surface area (Å²) in [5, 5.41) is 0. The van der Waals surface area contributed by atoms with Crippen molar-refractivity contribution in [3.63, 3.8) is 0 Å². The highest BCUT2D eigenvalue weighted by Gasteiger charge is 2.15. The van der Waals surface area contributed by atoms with Gasteiger partial charge in [0, 0.05) is 0 Å². The van der Waals surface area contributed by atoms with E-state index in [4.69, 9.17) is 4.74 Å². The van der Waals surface area contributed by atoms with Crippen LogP contribution in [0.5, 0.6) is 0 Å². The smallest absolute Gasteiger partial charge is 0.338 e. The molecule has 0 radical (unpaired) electrons. The minimum atomic E-state index is -0.473. The topological polar surface area (TPSA) is 52.1 Å². The molecule has 4 nitrogen and oxygen atoms in total. The number of aromatic nitrogens is 2.